The Morgan fingerprint density at radius 1 is 1.47 bits per heavy atom. The number of likely N-dealkylation sites (tertiary alicyclic amines) is 1. The van der Waals surface area contributed by atoms with Gasteiger partial charge in [-0.05, 0) is 38.6 Å². The normalized spacial score (nSPS) is 20.4. The van der Waals surface area contributed by atoms with Crippen LogP contribution in [0.4, 0.5) is 0 Å². The number of likely N-dealkylation sites (N-methyl/N-ethyl adjacent to an activating group) is 1. The topological polar surface area (TPSA) is 54.2 Å². The molecule has 102 valence electrons. The van der Waals surface area contributed by atoms with Crippen LogP contribution in [0.2, 0.25) is 0 Å². The van der Waals surface area contributed by atoms with E-state index in [0.717, 1.165) is 23.4 Å². The highest BCUT2D eigenvalue weighted by Gasteiger charge is 2.23. The Morgan fingerprint density at radius 3 is 3.11 bits per heavy atom. The van der Waals surface area contributed by atoms with E-state index in [9.17, 15) is 5.11 Å². The number of nitrogens with zero attached hydrogens (tertiary/aromatic N) is 4. The Labute approximate surface area is 112 Å². The van der Waals surface area contributed by atoms with Gasteiger partial charge in [0.1, 0.15) is 11.3 Å². The van der Waals surface area contributed by atoms with Gasteiger partial charge >= 0.3 is 0 Å². The second-order valence-electron chi connectivity index (χ2n) is 5.23. The highest BCUT2D eigenvalue weighted by molar-refractivity contribution is 5.71. The molecule has 1 fully saturated rings. The molecular weight excluding hydrogens is 240 g/mol. The summed E-state index contributed by atoms with van der Waals surface area (Å²) in [5.74, 6) is 1.04. The molecule has 3 heterocycles. The van der Waals surface area contributed by atoms with E-state index in [0.29, 0.717) is 12.6 Å². The summed E-state index contributed by atoms with van der Waals surface area (Å²) in [6.07, 6.45) is 5.21. The number of aliphatic hydroxyl groups excluding tert-OH is 1. The van der Waals surface area contributed by atoms with Crippen LogP contribution in [-0.2, 0) is 13.0 Å². The fourth-order valence-corrected chi connectivity index (χ4v) is 2.94. The maximum absolute atomic E-state index is 9.25. The Bertz CT molecular complexity index is 566. The zero-order chi connectivity index (χ0) is 13.2. The lowest BCUT2D eigenvalue weighted by Crippen LogP contribution is -2.28. The van der Waals surface area contributed by atoms with Crippen LogP contribution in [0.15, 0.2) is 18.3 Å². The summed E-state index contributed by atoms with van der Waals surface area (Å²) in [6, 6.07) is 4.46. The van der Waals surface area contributed by atoms with E-state index >= 15 is 0 Å². The van der Waals surface area contributed by atoms with Crippen molar-refractivity contribution in [2.24, 2.45) is 0 Å². The summed E-state index contributed by atoms with van der Waals surface area (Å²) in [4.78, 5) is 11.5. The second kappa shape index (κ2) is 5.27. The number of hydrogen-bond donors (Lipinski definition) is 1. The van der Waals surface area contributed by atoms with Gasteiger partial charge in [0.15, 0.2) is 5.65 Å². The van der Waals surface area contributed by atoms with Crippen LogP contribution in [0, 0.1) is 0 Å². The van der Waals surface area contributed by atoms with Gasteiger partial charge in [0, 0.05) is 25.2 Å². The Balaban J connectivity index is 1.95. The minimum absolute atomic E-state index is 0.121. The minimum Gasteiger partial charge on any atom is -0.395 e. The third kappa shape index (κ3) is 2.35. The molecule has 0 spiro atoms. The molecule has 3 rings (SSSR count). The summed E-state index contributed by atoms with van der Waals surface area (Å²) in [6.45, 7) is 1.86. The summed E-state index contributed by atoms with van der Waals surface area (Å²) < 4.78 is 2.06. The molecule has 1 aliphatic heterocycles. The zero-order valence-corrected chi connectivity index (χ0v) is 11.3. The Kier molecular flexibility index (Phi) is 3.48. The van der Waals surface area contributed by atoms with E-state index in [2.05, 4.69) is 21.5 Å². The first-order valence-corrected chi connectivity index (χ1v) is 6.91. The first kappa shape index (κ1) is 12.6. The van der Waals surface area contributed by atoms with Gasteiger partial charge in [0.2, 0.25) is 0 Å². The third-order valence-corrected chi connectivity index (χ3v) is 4.00. The van der Waals surface area contributed by atoms with Crippen molar-refractivity contribution in [1.82, 2.24) is 19.4 Å². The zero-order valence-electron chi connectivity index (χ0n) is 11.3. The first-order valence-electron chi connectivity index (χ1n) is 6.91. The molecule has 0 aromatic carbocycles. The van der Waals surface area contributed by atoms with Crippen molar-refractivity contribution < 1.29 is 5.11 Å². The third-order valence-electron chi connectivity index (χ3n) is 4.00. The van der Waals surface area contributed by atoms with E-state index in [4.69, 9.17) is 4.98 Å². The molecule has 5 nitrogen and oxygen atoms in total. The number of pyridine rings is 1. The fraction of sp³-hybridized carbons (Fsp3) is 0.571. The fourth-order valence-electron chi connectivity index (χ4n) is 2.94. The highest BCUT2D eigenvalue weighted by Crippen LogP contribution is 2.21. The van der Waals surface area contributed by atoms with Crippen LogP contribution in [0.25, 0.3) is 11.2 Å². The van der Waals surface area contributed by atoms with Gasteiger partial charge in [-0.3, -0.25) is 0 Å². The molecule has 0 bridgehead atoms. The molecule has 0 amide bonds. The monoisotopic (exact) mass is 260 g/mol. The maximum atomic E-state index is 9.25. The largest absolute Gasteiger partial charge is 0.395 e. The number of aliphatic hydroxyl groups is 1. The summed E-state index contributed by atoms with van der Waals surface area (Å²) in [7, 11) is 2.18. The molecule has 19 heavy (non-hydrogen) atoms. The second-order valence-corrected chi connectivity index (χ2v) is 5.23. The number of fused-ring (bicyclic) bond motifs is 1. The molecule has 1 N–H and O–H groups in total. The lowest BCUT2D eigenvalue weighted by molar-refractivity contribution is 0.270. The van der Waals surface area contributed by atoms with Crippen LogP contribution in [0.3, 0.4) is 0 Å². The molecule has 2 aromatic heterocycles. The quantitative estimate of drug-likeness (QED) is 0.893. The van der Waals surface area contributed by atoms with Crippen molar-refractivity contribution >= 4 is 11.2 Å². The highest BCUT2D eigenvalue weighted by atomic mass is 16.3. The van der Waals surface area contributed by atoms with Crippen molar-refractivity contribution in [3.63, 3.8) is 0 Å². The average Bonchev–Trinajstić information content (AvgIpc) is 2.96. The molecule has 1 atom stereocenters. The Morgan fingerprint density at radius 2 is 2.37 bits per heavy atom. The van der Waals surface area contributed by atoms with Gasteiger partial charge in [-0.1, -0.05) is 0 Å². The van der Waals surface area contributed by atoms with E-state index in [1.54, 1.807) is 6.20 Å². The molecule has 1 unspecified atom stereocenters. The lowest BCUT2D eigenvalue weighted by Gasteiger charge is -2.19. The van der Waals surface area contributed by atoms with Gasteiger partial charge in [-0.15, -0.1) is 0 Å². The summed E-state index contributed by atoms with van der Waals surface area (Å²) in [5.41, 5.74) is 1.80. The smallest absolute Gasteiger partial charge is 0.160 e. The van der Waals surface area contributed by atoms with Crippen molar-refractivity contribution in [1.29, 1.82) is 0 Å². The summed E-state index contributed by atoms with van der Waals surface area (Å²) in [5, 5.41) is 9.25. The predicted octanol–water partition coefficient (Wildman–Crippen LogP) is 1.06. The van der Waals surface area contributed by atoms with Crippen molar-refractivity contribution in [2.45, 2.75) is 31.8 Å². The Hall–Kier alpha value is -1.46. The van der Waals surface area contributed by atoms with Crippen LogP contribution in [0.5, 0.6) is 0 Å². The van der Waals surface area contributed by atoms with Gasteiger partial charge in [-0.25, -0.2) is 9.97 Å². The van der Waals surface area contributed by atoms with E-state index < -0.39 is 0 Å². The van der Waals surface area contributed by atoms with Gasteiger partial charge in [-0.2, -0.15) is 0 Å². The number of rotatable bonds is 4. The molecule has 5 heteroatoms. The molecule has 1 aliphatic rings. The molecule has 0 aliphatic carbocycles. The maximum Gasteiger partial charge on any atom is 0.160 e. The van der Waals surface area contributed by atoms with Gasteiger partial charge < -0.3 is 14.6 Å². The molecule has 2 aromatic rings. The standard InChI is InChI=1S/C14H20N4O/c1-17-7-3-4-11(17)10-13-16-12-5-2-6-15-14(12)18(13)8-9-19/h2,5-6,11,19H,3-4,7-10H2,1H3. The SMILES string of the molecule is CN1CCCC1Cc1nc2cccnc2n1CCO. The van der Waals surface area contributed by atoms with E-state index in [-0.39, 0.29) is 6.61 Å². The van der Waals surface area contributed by atoms with E-state index in [1.165, 1.54) is 19.4 Å². The number of aromatic nitrogens is 3. The van der Waals surface area contributed by atoms with Crippen molar-refractivity contribution in [3.05, 3.63) is 24.2 Å². The number of hydrogen-bond acceptors (Lipinski definition) is 4. The first-order chi connectivity index (χ1) is 9.29. The van der Waals surface area contributed by atoms with Gasteiger partial charge in [0.25, 0.3) is 0 Å². The van der Waals surface area contributed by atoms with Crippen molar-refractivity contribution in [2.75, 3.05) is 20.2 Å². The van der Waals surface area contributed by atoms with Crippen LogP contribution in [-0.4, -0.2) is 50.8 Å². The minimum atomic E-state index is 0.121. The summed E-state index contributed by atoms with van der Waals surface area (Å²) >= 11 is 0. The van der Waals surface area contributed by atoms with Crippen LogP contribution in [0.1, 0.15) is 18.7 Å². The van der Waals surface area contributed by atoms with E-state index in [1.807, 2.05) is 12.1 Å². The predicted molar refractivity (Wildman–Crippen MR) is 74.0 cm³/mol. The van der Waals surface area contributed by atoms with Gasteiger partial charge in [0.05, 0.1) is 6.61 Å². The molecule has 1 saturated heterocycles. The van der Waals surface area contributed by atoms with Crippen LogP contribution < -0.4 is 0 Å². The average molecular weight is 260 g/mol. The van der Waals surface area contributed by atoms with Crippen LogP contribution >= 0.6 is 0 Å². The molecule has 0 radical (unpaired) electrons. The van der Waals surface area contributed by atoms with Crippen molar-refractivity contribution in [3.8, 4) is 0 Å². The molecular formula is C14H20N4O. The number of imidazole rings is 1. The lowest BCUT2D eigenvalue weighted by atomic mass is 10.1. The molecule has 0 saturated carbocycles.